The lowest BCUT2D eigenvalue weighted by molar-refractivity contribution is 0.103. The van der Waals surface area contributed by atoms with Gasteiger partial charge in [0, 0.05) is 18.1 Å². The predicted octanol–water partition coefficient (Wildman–Crippen LogP) is 3.12. The van der Waals surface area contributed by atoms with Gasteiger partial charge in [-0.2, -0.15) is 0 Å². The molecule has 16 heavy (non-hydrogen) atoms. The fourth-order valence-corrected chi connectivity index (χ4v) is 1.70. The summed E-state index contributed by atoms with van der Waals surface area (Å²) in [4.78, 5) is 11.8. The second-order valence-electron chi connectivity index (χ2n) is 3.77. The molecule has 0 radical (unpaired) electrons. The minimum atomic E-state index is 0.000289. The highest BCUT2D eigenvalue weighted by molar-refractivity contribution is 6.04. The monoisotopic (exact) mass is 214 g/mol. The van der Waals surface area contributed by atoms with Crippen LogP contribution in [0.15, 0.2) is 54.8 Å². The lowest BCUT2D eigenvalue weighted by atomic mass is 10.1. The third-order valence-electron chi connectivity index (χ3n) is 2.59. The highest BCUT2D eigenvalue weighted by Crippen LogP contribution is 2.23. The minimum Gasteiger partial charge on any atom is -0.491 e. The Morgan fingerprint density at radius 2 is 2.12 bits per heavy atom. The summed E-state index contributed by atoms with van der Waals surface area (Å²) < 4.78 is 5.52. The van der Waals surface area contributed by atoms with Gasteiger partial charge in [-0.25, -0.2) is 0 Å². The lowest BCUT2D eigenvalue weighted by Crippen LogP contribution is -1.99. The van der Waals surface area contributed by atoms with Gasteiger partial charge in [-0.05, 0) is 6.42 Å². The Labute approximate surface area is 95.2 Å². The number of rotatable bonds is 3. The third kappa shape index (κ3) is 2.40. The van der Waals surface area contributed by atoms with Crippen molar-refractivity contribution < 1.29 is 9.53 Å². The number of allylic oxidation sites excluding steroid dienone is 2. The highest BCUT2D eigenvalue weighted by Gasteiger charge is 2.18. The van der Waals surface area contributed by atoms with E-state index in [0.29, 0.717) is 5.56 Å². The zero-order chi connectivity index (χ0) is 11.4. The van der Waals surface area contributed by atoms with Crippen LogP contribution in [0.4, 0.5) is 0 Å². The minimum absolute atomic E-state index is 0.000289. The van der Waals surface area contributed by atoms with Gasteiger partial charge in [0.05, 0.1) is 0 Å². The van der Waals surface area contributed by atoms with Gasteiger partial charge >= 0.3 is 0 Å². The van der Waals surface area contributed by atoms with Crippen LogP contribution in [-0.4, -0.2) is 11.9 Å². The van der Waals surface area contributed by atoms with Crippen LogP contribution in [0.5, 0.6) is 0 Å². The lowest BCUT2D eigenvalue weighted by Gasteiger charge is -2.03. The maximum atomic E-state index is 11.8. The molecule has 2 rings (SSSR count). The topological polar surface area (TPSA) is 26.3 Å². The molecule has 1 saturated heterocycles. The van der Waals surface area contributed by atoms with E-state index in [4.69, 9.17) is 4.74 Å². The smallest absolute Gasteiger partial charge is 0.189 e. The molecule has 2 nitrogen and oxygen atoms in total. The van der Waals surface area contributed by atoms with Crippen LogP contribution in [0.25, 0.3) is 0 Å². The zero-order valence-corrected chi connectivity index (χ0v) is 9.06. The van der Waals surface area contributed by atoms with E-state index in [1.54, 1.807) is 24.3 Å². The predicted molar refractivity (Wildman–Crippen MR) is 63.2 cm³/mol. The molecular formula is C14H14O2. The number of hydrogen-bond acceptors (Lipinski definition) is 2. The van der Waals surface area contributed by atoms with E-state index in [9.17, 15) is 4.79 Å². The number of ketones is 1. The summed E-state index contributed by atoms with van der Waals surface area (Å²) in [5, 5.41) is 0. The Morgan fingerprint density at radius 1 is 1.38 bits per heavy atom. The fourth-order valence-electron chi connectivity index (χ4n) is 1.70. The Morgan fingerprint density at radius 3 is 2.75 bits per heavy atom. The Hall–Kier alpha value is -1.83. The van der Waals surface area contributed by atoms with Gasteiger partial charge in [0.15, 0.2) is 5.78 Å². The Bertz CT molecular complexity index is 418. The van der Waals surface area contributed by atoms with Gasteiger partial charge in [-0.1, -0.05) is 43.0 Å². The van der Waals surface area contributed by atoms with Crippen molar-refractivity contribution >= 4 is 5.78 Å². The molecule has 1 atom stereocenters. The summed E-state index contributed by atoms with van der Waals surface area (Å²) in [7, 11) is 0. The van der Waals surface area contributed by atoms with Crippen LogP contribution in [0.3, 0.4) is 0 Å². The standard InChI is InChI=1S/C14H14O2/c1-2-12-8-9-13(16-12)10-14(15)11-6-4-3-5-7-11/h2-7,10,12H,1,8-9H2/b13-10-. The van der Waals surface area contributed by atoms with E-state index < -0.39 is 0 Å². The molecule has 0 amide bonds. The molecule has 0 bridgehead atoms. The SMILES string of the molecule is C=CC1CC/C(=C/C(=O)c2ccccc2)O1. The van der Waals surface area contributed by atoms with Crippen LogP contribution in [0.2, 0.25) is 0 Å². The average molecular weight is 214 g/mol. The molecule has 0 saturated carbocycles. The molecule has 1 aromatic carbocycles. The molecule has 1 unspecified atom stereocenters. The molecule has 0 N–H and O–H groups in total. The first-order valence-corrected chi connectivity index (χ1v) is 5.39. The first-order valence-electron chi connectivity index (χ1n) is 5.39. The van der Waals surface area contributed by atoms with Gasteiger partial charge < -0.3 is 4.74 Å². The van der Waals surface area contributed by atoms with Gasteiger partial charge in [0.2, 0.25) is 0 Å². The molecule has 1 aliphatic heterocycles. The summed E-state index contributed by atoms with van der Waals surface area (Å²) in [5.74, 6) is 0.763. The van der Waals surface area contributed by atoms with Gasteiger partial charge in [0.25, 0.3) is 0 Å². The summed E-state index contributed by atoms with van der Waals surface area (Å²) in [6, 6.07) is 9.21. The molecule has 0 aromatic heterocycles. The van der Waals surface area contributed by atoms with E-state index in [-0.39, 0.29) is 11.9 Å². The van der Waals surface area contributed by atoms with Crippen molar-refractivity contribution in [2.24, 2.45) is 0 Å². The quantitative estimate of drug-likeness (QED) is 0.439. The summed E-state index contributed by atoms with van der Waals surface area (Å²) in [6.07, 6.45) is 5.15. The van der Waals surface area contributed by atoms with Crippen molar-refractivity contribution in [3.05, 3.63) is 60.4 Å². The molecular weight excluding hydrogens is 200 g/mol. The largest absolute Gasteiger partial charge is 0.491 e. The highest BCUT2D eigenvalue weighted by atomic mass is 16.5. The summed E-state index contributed by atoms with van der Waals surface area (Å²) in [6.45, 7) is 3.68. The molecule has 82 valence electrons. The molecule has 1 aromatic rings. The van der Waals surface area contributed by atoms with Crippen molar-refractivity contribution in [1.29, 1.82) is 0 Å². The Balaban J connectivity index is 2.08. The summed E-state index contributed by atoms with van der Waals surface area (Å²) in [5.41, 5.74) is 0.695. The number of hydrogen-bond donors (Lipinski definition) is 0. The maximum Gasteiger partial charge on any atom is 0.189 e. The molecule has 1 aliphatic rings. The zero-order valence-electron chi connectivity index (χ0n) is 9.06. The number of carbonyl (C=O) groups is 1. The van der Waals surface area contributed by atoms with Crippen LogP contribution < -0.4 is 0 Å². The van der Waals surface area contributed by atoms with Crippen LogP contribution >= 0.6 is 0 Å². The van der Waals surface area contributed by atoms with Gasteiger partial charge in [-0.15, -0.1) is 0 Å². The number of carbonyl (C=O) groups excluding carboxylic acids is 1. The van der Waals surface area contributed by atoms with Crippen LogP contribution in [-0.2, 0) is 4.74 Å². The first-order chi connectivity index (χ1) is 7.79. The van der Waals surface area contributed by atoms with E-state index in [1.807, 2.05) is 18.2 Å². The molecule has 1 heterocycles. The van der Waals surface area contributed by atoms with Crippen LogP contribution in [0, 0.1) is 0 Å². The van der Waals surface area contributed by atoms with Crippen molar-refractivity contribution in [3.8, 4) is 0 Å². The molecule has 2 heteroatoms. The Kier molecular flexibility index (Phi) is 3.20. The number of benzene rings is 1. The van der Waals surface area contributed by atoms with Crippen LogP contribution in [0.1, 0.15) is 23.2 Å². The fraction of sp³-hybridized carbons (Fsp3) is 0.214. The normalized spacial score (nSPS) is 21.8. The van der Waals surface area contributed by atoms with Crippen molar-refractivity contribution in [1.82, 2.24) is 0 Å². The molecule has 0 aliphatic carbocycles. The first kappa shape index (κ1) is 10.7. The summed E-state index contributed by atoms with van der Waals surface area (Å²) >= 11 is 0. The third-order valence-corrected chi connectivity index (χ3v) is 2.59. The van der Waals surface area contributed by atoms with Crippen molar-refractivity contribution in [3.63, 3.8) is 0 Å². The van der Waals surface area contributed by atoms with E-state index >= 15 is 0 Å². The van der Waals surface area contributed by atoms with Gasteiger partial charge in [-0.3, -0.25) is 4.79 Å². The molecule has 1 fully saturated rings. The van der Waals surface area contributed by atoms with Gasteiger partial charge in [0.1, 0.15) is 11.9 Å². The second-order valence-corrected chi connectivity index (χ2v) is 3.77. The van der Waals surface area contributed by atoms with E-state index in [2.05, 4.69) is 6.58 Å². The van der Waals surface area contributed by atoms with Crippen molar-refractivity contribution in [2.45, 2.75) is 18.9 Å². The van der Waals surface area contributed by atoms with E-state index in [0.717, 1.165) is 18.6 Å². The van der Waals surface area contributed by atoms with Crippen molar-refractivity contribution in [2.75, 3.05) is 0 Å². The second kappa shape index (κ2) is 4.79. The maximum absolute atomic E-state index is 11.8. The van der Waals surface area contributed by atoms with E-state index in [1.165, 1.54) is 0 Å². The molecule has 0 spiro atoms. The average Bonchev–Trinajstić information content (AvgIpc) is 2.78. The number of ether oxygens (including phenoxy) is 1.